The standard InChI is InChI=1S/C14H14O3.C4H11NO3/c1-9(14(15)16)10-3-4-12-8-13(17-2)6-5-11(12)7-10;1-8-4(5,2-6)3-7/h3-9H,1-2H3,(H,15,16);6-7H,2-3,5H2,1H3. The number of methoxy groups -OCH3 is 2. The van der Waals surface area contributed by atoms with Crippen LogP contribution in [0.3, 0.4) is 0 Å². The number of carbonyl (C=O) groups is 1. The Labute approximate surface area is 146 Å². The summed E-state index contributed by atoms with van der Waals surface area (Å²) in [6.07, 6.45) is 0. The van der Waals surface area contributed by atoms with E-state index < -0.39 is 17.6 Å². The lowest BCUT2D eigenvalue weighted by atomic mass is 9.98. The molecule has 0 saturated carbocycles. The van der Waals surface area contributed by atoms with E-state index in [2.05, 4.69) is 4.74 Å². The van der Waals surface area contributed by atoms with Gasteiger partial charge in [-0.3, -0.25) is 10.5 Å². The summed E-state index contributed by atoms with van der Waals surface area (Å²) < 4.78 is 9.66. The smallest absolute Gasteiger partial charge is 0.310 e. The van der Waals surface area contributed by atoms with E-state index in [1.807, 2.05) is 36.4 Å². The van der Waals surface area contributed by atoms with E-state index >= 15 is 0 Å². The van der Waals surface area contributed by atoms with Crippen molar-refractivity contribution in [2.45, 2.75) is 18.6 Å². The Kier molecular flexibility index (Phi) is 7.79. The number of rotatable bonds is 6. The summed E-state index contributed by atoms with van der Waals surface area (Å²) in [4.78, 5) is 10.9. The van der Waals surface area contributed by atoms with Gasteiger partial charge in [0.15, 0.2) is 5.72 Å². The molecule has 1 atom stereocenters. The van der Waals surface area contributed by atoms with E-state index in [9.17, 15) is 4.79 Å². The van der Waals surface area contributed by atoms with Gasteiger partial charge in [0.1, 0.15) is 5.75 Å². The number of carboxylic acid groups (broad SMARTS) is 1. The monoisotopic (exact) mass is 351 g/mol. The number of benzene rings is 2. The minimum atomic E-state index is -1.26. The summed E-state index contributed by atoms with van der Waals surface area (Å²) in [5, 5.41) is 27.8. The molecule has 0 amide bonds. The number of aliphatic carboxylic acids is 1. The summed E-state index contributed by atoms with van der Waals surface area (Å²) in [7, 11) is 2.95. The molecule has 0 aliphatic rings. The van der Waals surface area contributed by atoms with E-state index in [-0.39, 0.29) is 13.2 Å². The maximum atomic E-state index is 10.9. The van der Waals surface area contributed by atoms with Crippen LogP contribution in [0.15, 0.2) is 36.4 Å². The normalized spacial score (nSPS) is 12.2. The molecule has 5 N–H and O–H groups in total. The second-order valence-electron chi connectivity index (χ2n) is 5.62. The summed E-state index contributed by atoms with van der Waals surface area (Å²) in [6.45, 7) is 0.938. The van der Waals surface area contributed by atoms with Crippen molar-refractivity contribution in [3.05, 3.63) is 42.0 Å². The number of hydrogen-bond donors (Lipinski definition) is 4. The quantitative estimate of drug-likeness (QED) is 0.579. The molecule has 0 bridgehead atoms. The number of hydrogen-bond acceptors (Lipinski definition) is 6. The van der Waals surface area contributed by atoms with E-state index in [0.717, 1.165) is 22.1 Å². The zero-order chi connectivity index (χ0) is 19.0. The molecule has 0 heterocycles. The van der Waals surface area contributed by atoms with Gasteiger partial charge >= 0.3 is 5.97 Å². The van der Waals surface area contributed by atoms with Gasteiger partial charge in [0, 0.05) is 7.11 Å². The van der Waals surface area contributed by atoms with E-state index in [1.54, 1.807) is 14.0 Å². The topological polar surface area (TPSA) is 122 Å². The van der Waals surface area contributed by atoms with E-state index in [0.29, 0.717) is 0 Å². The molecule has 1 unspecified atom stereocenters. The predicted octanol–water partition coefficient (Wildman–Crippen LogP) is 1.31. The predicted molar refractivity (Wildman–Crippen MR) is 94.6 cm³/mol. The molecule has 0 aliphatic heterocycles. The van der Waals surface area contributed by atoms with Crippen LogP contribution < -0.4 is 10.5 Å². The SMILES string of the molecule is COC(N)(CO)CO.COc1ccc2cc(C(C)C(=O)O)ccc2c1. The van der Waals surface area contributed by atoms with Gasteiger partial charge < -0.3 is 24.8 Å². The van der Waals surface area contributed by atoms with Crippen LogP contribution in [-0.2, 0) is 9.53 Å². The number of aliphatic hydroxyl groups excluding tert-OH is 2. The van der Waals surface area contributed by atoms with Crippen molar-refractivity contribution >= 4 is 16.7 Å². The maximum Gasteiger partial charge on any atom is 0.310 e. The number of aliphatic hydroxyl groups is 2. The highest BCUT2D eigenvalue weighted by atomic mass is 16.5. The largest absolute Gasteiger partial charge is 0.497 e. The van der Waals surface area contributed by atoms with Crippen molar-refractivity contribution in [2.24, 2.45) is 5.73 Å². The molecule has 7 nitrogen and oxygen atoms in total. The summed E-state index contributed by atoms with van der Waals surface area (Å²) in [6, 6.07) is 11.4. The lowest BCUT2D eigenvalue weighted by molar-refractivity contribution is -0.138. The van der Waals surface area contributed by atoms with Crippen molar-refractivity contribution in [1.82, 2.24) is 0 Å². The summed E-state index contributed by atoms with van der Waals surface area (Å²) >= 11 is 0. The zero-order valence-electron chi connectivity index (χ0n) is 14.6. The molecular weight excluding hydrogens is 326 g/mol. The molecule has 2 rings (SSSR count). The highest BCUT2D eigenvalue weighted by molar-refractivity contribution is 5.86. The average Bonchev–Trinajstić information content (AvgIpc) is 2.66. The Morgan fingerprint density at radius 3 is 2.12 bits per heavy atom. The highest BCUT2D eigenvalue weighted by Crippen LogP contribution is 2.25. The Hall–Kier alpha value is -2.19. The van der Waals surface area contributed by atoms with Crippen molar-refractivity contribution in [3.8, 4) is 5.75 Å². The maximum absolute atomic E-state index is 10.9. The van der Waals surface area contributed by atoms with Crippen LogP contribution in [0.1, 0.15) is 18.4 Å². The van der Waals surface area contributed by atoms with Crippen LogP contribution >= 0.6 is 0 Å². The van der Waals surface area contributed by atoms with Crippen LogP contribution in [0.4, 0.5) is 0 Å². The second kappa shape index (κ2) is 9.33. The van der Waals surface area contributed by atoms with E-state index in [1.165, 1.54) is 7.11 Å². The van der Waals surface area contributed by atoms with Gasteiger partial charge in [-0.15, -0.1) is 0 Å². The summed E-state index contributed by atoms with van der Waals surface area (Å²) in [5.41, 5.74) is 4.72. The van der Waals surface area contributed by atoms with Crippen LogP contribution in [0.25, 0.3) is 10.8 Å². The molecule has 0 radical (unpaired) electrons. The van der Waals surface area contributed by atoms with Crippen LogP contribution in [0, 0.1) is 0 Å². The lowest BCUT2D eigenvalue weighted by Crippen LogP contribution is -2.48. The average molecular weight is 351 g/mol. The van der Waals surface area contributed by atoms with Gasteiger partial charge in [0.05, 0.1) is 26.2 Å². The van der Waals surface area contributed by atoms with Crippen molar-refractivity contribution < 1.29 is 29.6 Å². The molecule has 0 spiro atoms. The first-order valence-electron chi connectivity index (χ1n) is 7.66. The first kappa shape index (κ1) is 20.9. The van der Waals surface area contributed by atoms with E-state index in [4.69, 9.17) is 25.8 Å². The molecule has 2 aromatic rings. The molecule has 7 heteroatoms. The van der Waals surface area contributed by atoms with Gasteiger partial charge in [0.25, 0.3) is 0 Å². The zero-order valence-corrected chi connectivity index (χ0v) is 14.6. The molecule has 25 heavy (non-hydrogen) atoms. The fourth-order valence-corrected chi connectivity index (χ4v) is 1.96. The van der Waals surface area contributed by atoms with Gasteiger partial charge in [-0.2, -0.15) is 0 Å². The molecule has 0 aromatic heterocycles. The third kappa shape index (κ3) is 5.68. The van der Waals surface area contributed by atoms with Crippen LogP contribution in [0.2, 0.25) is 0 Å². The number of fused-ring (bicyclic) bond motifs is 1. The number of nitrogens with two attached hydrogens (primary N) is 1. The Bertz CT molecular complexity index is 691. The minimum Gasteiger partial charge on any atom is -0.497 e. The number of carboxylic acids is 1. The highest BCUT2D eigenvalue weighted by Gasteiger charge is 2.20. The summed E-state index contributed by atoms with van der Waals surface area (Å²) in [5.74, 6) is -0.490. The second-order valence-corrected chi connectivity index (χ2v) is 5.62. The van der Waals surface area contributed by atoms with Crippen LogP contribution in [0.5, 0.6) is 5.75 Å². The molecule has 0 aliphatic carbocycles. The number of ether oxygens (including phenoxy) is 2. The first-order chi connectivity index (χ1) is 11.8. The first-order valence-corrected chi connectivity index (χ1v) is 7.66. The van der Waals surface area contributed by atoms with Crippen molar-refractivity contribution in [3.63, 3.8) is 0 Å². The van der Waals surface area contributed by atoms with Crippen molar-refractivity contribution in [2.75, 3.05) is 27.4 Å². The Morgan fingerprint density at radius 1 is 1.12 bits per heavy atom. The molecule has 138 valence electrons. The molecule has 0 fully saturated rings. The fourth-order valence-electron chi connectivity index (χ4n) is 1.96. The van der Waals surface area contributed by atoms with Crippen molar-refractivity contribution in [1.29, 1.82) is 0 Å². The fraction of sp³-hybridized carbons (Fsp3) is 0.389. The Balaban J connectivity index is 0.000000333. The Morgan fingerprint density at radius 2 is 1.68 bits per heavy atom. The van der Waals surface area contributed by atoms with Gasteiger partial charge in [-0.1, -0.05) is 24.3 Å². The van der Waals surface area contributed by atoms with Gasteiger partial charge in [-0.05, 0) is 35.4 Å². The third-order valence-corrected chi connectivity index (χ3v) is 3.88. The van der Waals surface area contributed by atoms with Crippen LogP contribution in [-0.4, -0.2) is 54.4 Å². The third-order valence-electron chi connectivity index (χ3n) is 3.88. The molecule has 2 aromatic carbocycles. The van der Waals surface area contributed by atoms with Gasteiger partial charge in [-0.25, -0.2) is 0 Å². The minimum absolute atomic E-state index is 0.375. The molecule has 0 saturated heterocycles. The van der Waals surface area contributed by atoms with Gasteiger partial charge in [0.2, 0.25) is 0 Å². The molecular formula is C18H25NO6. The lowest BCUT2D eigenvalue weighted by Gasteiger charge is -2.21.